The van der Waals surface area contributed by atoms with Gasteiger partial charge in [-0.2, -0.15) is 0 Å². The van der Waals surface area contributed by atoms with Gasteiger partial charge in [0.05, 0.1) is 33.0 Å². The van der Waals surface area contributed by atoms with Crippen LogP contribution in [0.2, 0.25) is 0 Å². The third-order valence-corrected chi connectivity index (χ3v) is 4.13. The number of nitrogens with two attached hydrogens (primary N) is 1. The molecule has 1 heterocycles. The Bertz CT molecular complexity index is 682. The number of hydrogen-bond acceptors (Lipinski definition) is 3. The van der Waals surface area contributed by atoms with Crippen LogP contribution in [0.1, 0.15) is 16.7 Å². The van der Waals surface area contributed by atoms with Crippen LogP contribution < -0.4 is 5.73 Å². The summed E-state index contributed by atoms with van der Waals surface area (Å²) in [5.74, 6) is 0.592. The molecule has 2 aromatic rings. The molecule has 1 saturated heterocycles. The zero-order valence-electron chi connectivity index (χ0n) is 14.4. The highest BCUT2D eigenvalue weighted by Crippen LogP contribution is 2.10. The summed E-state index contributed by atoms with van der Waals surface area (Å²) >= 11 is 0. The van der Waals surface area contributed by atoms with Crippen LogP contribution in [0.5, 0.6) is 0 Å². The van der Waals surface area contributed by atoms with Crippen LogP contribution >= 0.6 is 0 Å². The van der Waals surface area contributed by atoms with Crippen LogP contribution in [-0.4, -0.2) is 37.2 Å². The molecular formula is C20H25N3O2. The van der Waals surface area contributed by atoms with E-state index in [1.807, 2.05) is 24.3 Å². The second-order valence-electron chi connectivity index (χ2n) is 6.07. The van der Waals surface area contributed by atoms with Gasteiger partial charge in [0, 0.05) is 13.1 Å². The summed E-state index contributed by atoms with van der Waals surface area (Å²) in [4.78, 5) is 6.58. The van der Waals surface area contributed by atoms with Crippen LogP contribution in [0, 0.1) is 0 Å². The van der Waals surface area contributed by atoms with E-state index in [1.54, 1.807) is 0 Å². The molecule has 0 radical (unpaired) electrons. The lowest BCUT2D eigenvalue weighted by Crippen LogP contribution is -2.44. The molecule has 0 aliphatic carbocycles. The SMILES string of the molecule is NC(=NCc1cccc(COCc2ccccc2)c1)N1CCOCC1. The molecule has 2 N–H and O–H groups in total. The summed E-state index contributed by atoms with van der Waals surface area (Å²) in [7, 11) is 0. The zero-order chi connectivity index (χ0) is 17.3. The van der Waals surface area contributed by atoms with Crippen molar-refractivity contribution in [3.63, 3.8) is 0 Å². The Morgan fingerprint density at radius 3 is 2.44 bits per heavy atom. The standard InChI is InChI=1S/C20H25N3O2/c21-20(23-9-11-24-12-10-23)22-14-18-7-4-8-19(13-18)16-25-15-17-5-2-1-3-6-17/h1-8,13H,9-12,14-16H2,(H2,21,22). The van der Waals surface area contributed by atoms with Gasteiger partial charge in [0.25, 0.3) is 0 Å². The average molecular weight is 339 g/mol. The van der Waals surface area contributed by atoms with E-state index in [0.717, 1.165) is 24.2 Å². The van der Waals surface area contributed by atoms with Crippen LogP contribution in [0.3, 0.4) is 0 Å². The maximum absolute atomic E-state index is 6.07. The Morgan fingerprint density at radius 2 is 1.64 bits per heavy atom. The largest absolute Gasteiger partial charge is 0.378 e. The van der Waals surface area contributed by atoms with Crippen LogP contribution in [0.25, 0.3) is 0 Å². The summed E-state index contributed by atoms with van der Waals surface area (Å²) in [6.07, 6.45) is 0. The van der Waals surface area contributed by atoms with Gasteiger partial charge < -0.3 is 20.1 Å². The highest BCUT2D eigenvalue weighted by molar-refractivity contribution is 5.78. The molecule has 0 bridgehead atoms. The van der Waals surface area contributed by atoms with E-state index in [-0.39, 0.29) is 0 Å². The molecule has 5 nitrogen and oxygen atoms in total. The van der Waals surface area contributed by atoms with E-state index in [4.69, 9.17) is 15.2 Å². The van der Waals surface area contributed by atoms with E-state index < -0.39 is 0 Å². The van der Waals surface area contributed by atoms with Crippen LogP contribution in [0.15, 0.2) is 59.6 Å². The van der Waals surface area contributed by atoms with E-state index in [2.05, 4.69) is 40.2 Å². The van der Waals surface area contributed by atoms with Crippen molar-refractivity contribution in [1.29, 1.82) is 0 Å². The maximum Gasteiger partial charge on any atom is 0.191 e. The van der Waals surface area contributed by atoms with Gasteiger partial charge in [-0.1, -0.05) is 54.6 Å². The Kier molecular flexibility index (Phi) is 6.42. The van der Waals surface area contributed by atoms with E-state index in [0.29, 0.717) is 38.9 Å². The first kappa shape index (κ1) is 17.5. The predicted molar refractivity (Wildman–Crippen MR) is 99.1 cm³/mol. The summed E-state index contributed by atoms with van der Waals surface area (Å²) < 4.78 is 11.1. The van der Waals surface area contributed by atoms with Crippen LogP contribution in [-0.2, 0) is 29.2 Å². The van der Waals surface area contributed by atoms with Gasteiger partial charge in [-0.05, 0) is 16.7 Å². The minimum atomic E-state index is 0.579. The van der Waals surface area contributed by atoms with Crippen LogP contribution in [0.4, 0.5) is 0 Å². The van der Waals surface area contributed by atoms with Crippen molar-refractivity contribution in [2.75, 3.05) is 26.3 Å². The number of aliphatic imine (C=N–C) groups is 1. The topological polar surface area (TPSA) is 60.1 Å². The summed E-state index contributed by atoms with van der Waals surface area (Å²) in [5, 5.41) is 0. The van der Waals surface area contributed by atoms with Crippen molar-refractivity contribution < 1.29 is 9.47 Å². The van der Waals surface area contributed by atoms with Gasteiger partial charge in [-0.25, -0.2) is 4.99 Å². The third kappa shape index (κ3) is 5.59. The van der Waals surface area contributed by atoms with Crippen molar-refractivity contribution in [3.8, 4) is 0 Å². The second kappa shape index (κ2) is 9.20. The lowest BCUT2D eigenvalue weighted by molar-refractivity contribution is 0.0674. The lowest BCUT2D eigenvalue weighted by atomic mass is 10.1. The molecular weight excluding hydrogens is 314 g/mol. The molecule has 3 rings (SSSR count). The van der Waals surface area contributed by atoms with E-state index in [9.17, 15) is 0 Å². The van der Waals surface area contributed by atoms with Crippen molar-refractivity contribution in [3.05, 3.63) is 71.3 Å². The Labute approximate surface area is 149 Å². The molecule has 1 fully saturated rings. The fraction of sp³-hybridized carbons (Fsp3) is 0.350. The van der Waals surface area contributed by atoms with Gasteiger partial charge in [0.1, 0.15) is 0 Å². The number of morpholine rings is 1. The Hall–Kier alpha value is -2.37. The summed E-state index contributed by atoms with van der Waals surface area (Å²) in [6, 6.07) is 18.5. The highest BCUT2D eigenvalue weighted by atomic mass is 16.5. The average Bonchev–Trinajstić information content (AvgIpc) is 2.68. The quantitative estimate of drug-likeness (QED) is 0.649. The second-order valence-corrected chi connectivity index (χ2v) is 6.07. The molecule has 2 aromatic carbocycles. The molecule has 0 atom stereocenters. The third-order valence-electron chi connectivity index (χ3n) is 4.13. The molecule has 0 spiro atoms. The molecule has 0 saturated carbocycles. The first-order valence-electron chi connectivity index (χ1n) is 8.63. The number of hydrogen-bond donors (Lipinski definition) is 1. The monoisotopic (exact) mass is 339 g/mol. The minimum Gasteiger partial charge on any atom is -0.378 e. The highest BCUT2D eigenvalue weighted by Gasteiger charge is 2.11. The van der Waals surface area contributed by atoms with E-state index >= 15 is 0 Å². The van der Waals surface area contributed by atoms with E-state index in [1.165, 1.54) is 5.56 Å². The first-order valence-corrected chi connectivity index (χ1v) is 8.63. The number of guanidine groups is 1. The molecule has 132 valence electrons. The number of ether oxygens (including phenoxy) is 2. The van der Waals surface area contributed by atoms with Crippen molar-refractivity contribution in [2.24, 2.45) is 10.7 Å². The summed E-state index contributed by atoms with van der Waals surface area (Å²) in [6.45, 7) is 4.83. The molecule has 1 aliphatic rings. The smallest absolute Gasteiger partial charge is 0.191 e. The number of rotatable bonds is 6. The summed E-state index contributed by atoms with van der Waals surface area (Å²) in [5.41, 5.74) is 9.54. The zero-order valence-corrected chi connectivity index (χ0v) is 14.4. The molecule has 0 unspecified atom stereocenters. The Morgan fingerprint density at radius 1 is 0.960 bits per heavy atom. The maximum atomic E-state index is 6.07. The van der Waals surface area contributed by atoms with Crippen molar-refractivity contribution >= 4 is 5.96 Å². The number of benzene rings is 2. The molecule has 1 aliphatic heterocycles. The molecule has 0 aromatic heterocycles. The van der Waals surface area contributed by atoms with Gasteiger partial charge >= 0.3 is 0 Å². The van der Waals surface area contributed by atoms with Crippen molar-refractivity contribution in [2.45, 2.75) is 19.8 Å². The molecule has 5 heteroatoms. The Balaban J connectivity index is 1.50. The normalized spacial score (nSPS) is 15.4. The fourth-order valence-electron chi connectivity index (χ4n) is 2.74. The van der Waals surface area contributed by atoms with Crippen molar-refractivity contribution in [1.82, 2.24) is 4.90 Å². The van der Waals surface area contributed by atoms with Gasteiger partial charge in [-0.3, -0.25) is 0 Å². The first-order chi connectivity index (χ1) is 12.3. The lowest BCUT2D eigenvalue weighted by Gasteiger charge is -2.27. The molecule has 25 heavy (non-hydrogen) atoms. The fourth-order valence-corrected chi connectivity index (χ4v) is 2.74. The van der Waals surface area contributed by atoms with Gasteiger partial charge in [0.2, 0.25) is 0 Å². The predicted octanol–water partition coefficient (Wildman–Crippen LogP) is 2.55. The minimum absolute atomic E-state index is 0.579. The molecule has 0 amide bonds. The van der Waals surface area contributed by atoms with Gasteiger partial charge in [0.15, 0.2) is 5.96 Å². The van der Waals surface area contributed by atoms with Gasteiger partial charge in [-0.15, -0.1) is 0 Å². The number of nitrogens with zero attached hydrogens (tertiary/aromatic N) is 2.